The highest BCUT2D eigenvalue weighted by Crippen LogP contribution is 2.28. The molecule has 2 aromatic rings. The zero-order valence-corrected chi connectivity index (χ0v) is 11.6. The largest absolute Gasteiger partial charge is 0.508 e. The molecule has 0 fully saturated rings. The van der Waals surface area contributed by atoms with E-state index in [1.54, 1.807) is 24.3 Å². The zero-order chi connectivity index (χ0) is 14.7. The summed E-state index contributed by atoms with van der Waals surface area (Å²) in [4.78, 5) is 11.3. The maximum atomic E-state index is 11.3. The van der Waals surface area contributed by atoms with Crippen LogP contribution in [-0.4, -0.2) is 11.0 Å². The summed E-state index contributed by atoms with van der Waals surface area (Å²) in [5, 5.41) is 13.2. The van der Waals surface area contributed by atoms with Gasteiger partial charge in [0, 0.05) is 16.8 Å². The van der Waals surface area contributed by atoms with E-state index in [1.165, 1.54) is 0 Å². The fourth-order valence-corrected chi connectivity index (χ4v) is 2.22. The van der Waals surface area contributed by atoms with Gasteiger partial charge in [-0.15, -0.1) is 0 Å². The predicted octanol–water partition coefficient (Wildman–Crippen LogP) is 2.97. The number of phenolic OH excluding ortho intramolecular Hbond substituents is 1. The number of carbonyl (C=O) groups is 1. The van der Waals surface area contributed by atoms with E-state index in [1.807, 2.05) is 32.0 Å². The van der Waals surface area contributed by atoms with E-state index in [2.05, 4.69) is 5.32 Å². The van der Waals surface area contributed by atoms with Gasteiger partial charge in [-0.3, -0.25) is 4.79 Å². The van der Waals surface area contributed by atoms with Crippen molar-refractivity contribution in [3.63, 3.8) is 0 Å². The highest BCUT2D eigenvalue weighted by molar-refractivity contribution is 5.95. The molecule has 4 N–H and O–H groups in total. The van der Waals surface area contributed by atoms with Crippen LogP contribution in [0.5, 0.6) is 5.75 Å². The van der Waals surface area contributed by atoms with Gasteiger partial charge in [-0.05, 0) is 37.6 Å². The molecule has 0 aliphatic rings. The number of primary amides is 1. The van der Waals surface area contributed by atoms with Crippen LogP contribution < -0.4 is 11.1 Å². The van der Waals surface area contributed by atoms with Gasteiger partial charge in [0.15, 0.2) is 0 Å². The molecule has 1 amide bonds. The Bertz CT molecular complexity index is 638. The van der Waals surface area contributed by atoms with Gasteiger partial charge in [0.05, 0.1) is 6.04 Å². The second-order valence-corrected chi connectivity index (χ2v) is 4.77. The molecule has 20 heavy (non-hydrogen) atoms. The number of benzene rings is 2. The van der Waals surface area contributed by atoms with Gasteiger partial charge in [-0.1, -0.05) is 24.3 Å². The summed E-state index contributed by atoms with van der Waals surface area (Å²) >= 11 is 0. The number of nitrogens with two attached hydrogens (primary N) is 1. The molecule has 104 valence electrons. The summed E-state index contributed by atoms with van der Waals surface area (Å²) in [6, 6.07) is 12.5. The van der Waals surface area contributed by atoms with E-state index >= 15 is 0 Å². The van der Waals surface area contributed by atoms with Gasteiger partial charge in [0.1, 0.15) is 5.75 Å². The Morgan fingerprint density at radius 2 is 1.90 bits per heavy atom. The van der Waals surface area contributed by atoms with E-state index in [4.69, 9.17) is 5.73 Å². The monoisotopic (exact) mass is 270 g/mol. The van der Waals surface area contributed by atoms with Gasteiger partial charge in [-0.25, -0.2) is 0 Å². The summed E-state index contributed by atoms with van der Waals surface area (Å²) < 4.78 is 0. The summed E-state index contributed by atoms with van der Waals surface area (Å²) in [5.74, 6) is -0.197. The first-order valence-electron chi connectivity index (χ1n) is 6.44. The molecule has 0 aliphatic heterocycles. The molecule has 0 saturated carbocycles. The van der Waals surface area contributed by atoms with E-state index in [-0.39, 0.29) is 11.8 Å². The average Bonchev–Trinajstić information content (AvgIpc) is 2.41. The van der Waals surface area contributed by atoms with Gasteiger partial charge < -0.3 is 16.2 Å². The molecule has 0 aliphatic carbocycles. The molecule has 1 unspecified atom stereocenters. The van der Waals surface area contributed by atoms with Crippen LogP contribution in [0.15, 0.2) is 42.5 Å². The Morgan fingerprint density at radius 3 is 2.55 bits per heavy atom. The number of para-hydroxylation sites is 1. The SMILES string of the molecule is Cc1c(NC(C)c2ccccc2O)cccc1C(N)=O. The zero-order valence-electron chi connectivity index (χ0n) is 11.6. The number of hydrogen-bond acceptors (Lipinski definition) is 3. The fourth-order valence-electron chi connectivity index (χ4n) is 2.22. The van der Waals surface area contributed by atoms with Gasteiger partial charge in [-0.2, -0.15) is 0 Å². The van der Waals surface area contributed by atoms with Crippen molar-refractivity contribution in [3.05, 3.63) is 59.2 Å². The molecule has 0 saturated heterocycles. The van der Waals surface area contributed by atoms with Crippen LogP contribution in [0.1, 0.15) is 34.5 Å². The maximum absolute atomic E-state index is 11.3. The van der Waals surface area contributed by atoms with Crippen molar-refractivity contribution < 1.29 is 9.90 Å². The molecule has 2 rings (SSSR count). The first-order chi connectivity index (χ1) is 9.50. The minimum Gasteiger partial charge on any atom is -0.508 e. The normalized spacial score (nSPS) is 11.9. The Balaban J connectivity index is 2.29. The second kappa shape index (κ2) is 5.65. The van der Waals surface area contributed by atoms with Crippen LogP contribution >= 0.6 is 0 Å². The molecule has 1 atom stereocenters. The number of phenols is 1. The molecule has 4 heteroatoms. The van der Waals surface area contributed by atoms with Crippen LogP contribution in [0.4, 0.5) is 5.69 Å². The molecular formula is C16H18N2O2. The Kier molecular flexibility index (Phi) is 3.94. The lowest BCUT2D eigenvalue weighted by atomic mass is 10.0. The van der Waals surface area contributed by atoms with Crippen molar-refractivity contribution in [1.29, 1.82) is 0 Å². The third-order valence-corrected chi connectivity index (χ3v) is 3.37. The first kappa shape index (κ1) is 13.9. The molecule has 4 nitrogen and oxygen atoms in total. The highest BCUT2D eigenvalue weighted by Gasteiger charge is 2.13. The lowest BCUT2D eigenvalue weighted by Crippen LogP contribution is -2.15. The molecular weight excluding hydrogens is 252 g/mol. The average molecular weight is 270 g/mol. The van der Waals surface area contributed by atoms with Gasteiger partial charge >= 0.3 is 0 Å². The fraction of sp³-hybridized carbons (Fsp3) is 0.188. The van der Waals surface area contributed by atoms with Crippen molar-refractivity contribution in [1.82, 2.24) is 0 Å². The van der Waals surface area contributed by atoms with Crippen LogP contribution in [0.2, 0.25) is 0 Å². The number of nitrogens with one attached hydrogen (secondary N) is 1. The Morgan fingerprint density at radius 1 is 1.20 bits per heavy atom. The number of rotatable bonds is 4. The van der Waals surface area contributed by atoms with E-state index in [0.29, 0.717) is 5.56 Å². The van der Waals surface area contributed by atoms with Crippen molar-refractivity contribution in [2.75, 3.05) is 5.32 Å². The van der Waals surface area contributed by atoms with Crippen LogP contribution in [0.3, 0.4) is 0 Å². The highest BCUT2D eigenvalue weighted by atomic mass is 16.3. The van der Waals surface area contributed by atoms with Crippen molar-refractivity contribution in [2.24, 2.45) is 5.73 Å². The van der Waals surface area contributed by atoms with Gasteiger partial charge in [0.2, 0.25) is 5.91 Å². The Hall–Kier alpha value is -2.49. The first-order valence-corrected chi connectivity index (χ1v) is 6.44. The molecule has 0 heterocycles. The molecule has 0 bridgehead atoms. The van der Waals surface area contributed by atoms with Crippen LogP contribution in [0, 0.1) is 6.92 Å². The summed E-state index contributed by atoms with van der Waals surface area (Å²) in [7, 11) is 0. The molecule has 0 spiro atoms. The lowest BCUT2D eigenvalue weighted by Gasteiger charge is -2.19. The topological polar surface area (TPSA) is 75.3 Å². The molecule has 0 radical (unpaired) electrons. The number of hydrogen-bond donors (Lipinski definition) is 3. The summed E-state index contributed by atoms with van der Waals surface area (Å²) in [5.41, 5.74) is 8.28. The minimum atomic E-state index is -0.443. The minimum absolute atomic E-state index is 0.0852. The number of amides is 1. The van der Waals surface area contributed by atoms with E-state index in [9.17, 15) is 9.90 Å². The second-order valence-electron chi connectivity index (χ2n) is 4.77. The van der Waals surface area contributed by atoms with Crippen LogP contribution in [-0.2, 0) is 0 Å². The standard InChI is InChI=1S/C16H18N2O2/c1-10-12(16(17)20)7-5-8-14(10)18-11(2)13-6-3-4-9-15(13)19/h3-9,11,18-19H,1-2H3,(H2,17,20). The number of carbonyl (C=O) groups excluding carboxylic acids is 1. The van der Waals surface area contributed by atoms with Crippen LogP contribution in [0.25, 0.3) is 0 Å². The third kappa shape index (κ3) is 2.74. The van der Waals surface area contributed by atoms with Crippen molar-refractivity contribution >= 4 is 11.6 Å². The summed E-state index contributed by atoms with van der Waals surface area (Å²) in [6.07, 6.45) is 0. The molecule has 0 aromatic heterocycles. The predicted molar refractivity (Wildman–Crippen MR) is 79.8 cm³/mol. The Labute approximate surface area is 118 Å². The quantitative estimate of drug-likeness (QED) is 0.799. The number of aromatic hydroxyl groups is 1. The lowest BCUT2D eigenvalue weighted by molar-refractivity contribution is 0.0999. The van der Waals surface area contributed by atoms with E-state index < -0.39 is 5.91 Å². The third-order valence-electron chi connectivity index (χ3n) is 3.37. The molecule has 2 aromatic carbocycles. The smallest absolute Gasteiger partial charge is 0.249 e. The van der Waals surface area contributed by atoms with E-state index in [0.717, 1.165) is 16.8 Å². The van der Waals surface area contributed by atoms with Crippen molar-refractivity contribution in [3.8, 4) is 5.75 Å². The van der Waals surface area contributed by atoms with Gasteiger partial charge in [0.25, 0.3) is 0 Å². The summed E-state index contributed by atoms with van der Waals surface area (Å²) in [6.45, 7) is 3.80. The number of anilines is 1. The van der Waals surface area contributed by atoms with Crippen molar-refractivity contribution in [2.45, 2.75) is 19.9 Å². The maximum Gasteiger partial charge on any atom is 0.249 e.